The van der Waals surface area contributed by atoms with E-state index in [0.29, 0.717) is 6.42 Å². The fraction of sp³-hybridized carbons (Fsp3) is 0.500. The second-order valence-corrected chi connectivity index (χ2v) is 5.98. The van der Waals surface area contributed by atoms with Gasteiger partial charge in [0.15, 0.2) is 0 Å². The molecule has 0 saturated heterocycles. The van der Waals surface area contributed by atoms with E-state index in [9.17, 15) is 9.90 Å². The molecule has 0 fully saturated rings. The lowest BCUT2D eigenvalue weighted by Crippen LogP contribution is -2.26. The number of ether oxygens (including phenoxy) is 1. The molecule has 0 atom stereocenters. The zero-order chi connectivity index (χ0) is 14.1. The zero-order valence-corrected chi connectivity index (χ0v) is 13.0. The molecule has 0 heterocycles. The van der Waals surface area contributed by atoms with E-state index in [1.54, 1.807) is 21.0 Å². The highest BCUT2D eigenvalue weighted by atomic mass is 79.9. The van der Waals surface area contributed by atoms with E-state index in [-0.39, 0.29) is 0 Å². The average Bonchev–Trinajstić information content (AvgIpc) is 2.26. The largest absolute Gasteiger partial charge is 0.496 e. The number of benzene rings is 1. The van der Waals surface area contributed by atoms with Crippen molar-refractivity contribution in [3.63, 3.8) is 0 Å². The van der Waals surface area contributed by atoms with Crippen molar-refractivity contribution in [1.82, 2.24) is 0 Å². The Hall–Kier alpha value is -1.03. The number of hydrogen-bond acceptors (Lipinski definition) is 2. The SMILES string of the molecule is COc1c(CC(C)(C)C(=O)O)cc(C)c(Br)c1C. The molecule has 1 aromatic rings. The van der Waals surface area contributed by atoms with Crippen LogP contribution in [0.25, 0.3) is 0 Å². The molecule has 0 aliphatic carbocycles. The number of methoxy groups -OCH3 is 1. The van der Waals surface area contributed by atoms with Crippen molar-refractivity contribution in [2.75, 3.05) is 7.11 Å². The van der Waals surface area contributed by atoms with Crippen LogP contribution in [0.2, 0.25) is 0 Å². The van der Waals surface area contributed by atoms with Gasteiger partial charge in [-0.25, -0.2) is 0 Å². The van der Waals surface area contributed by atoms with Crippen LogP contribution < -0.4 is 4.74 Å². The van der Waals surface area contributed by atoms with Crippen molar-refractivity contribution in [2.45, 2.75) is 34.1 Å². The molecule has 1 aromatic carbocycles. The number of hydrogen-bond donors (Lipinski definition) is 1. The summed E-state index contributed by atoms with van der Waals surface area (Å²) in [5.41, 5.74) is 2.22. The van der Waals surface area contributed by atoms with Crippen molar-refractivity contribution in [3.05, 3.63) is 27.2 Å². The van der Waals surface area contributed by atoms with Gasteiger partial charge in [0, 0.05) is 10.0 Å². The second kappa shape index (κ2) is 5.31. The van der Waals surface area contributed by atoms with E-state index in [1.165, 1.54) is 0 Å². The molecule has 0 spiro atoms. The van der Waals surface area contributed by atoms with Crippen molar-refractivity contribution in [3.8, 4) is 5.75 Å². The number of rotatable bonds is 4. The van der Waals surface area contributed by atoms with Gasteiger partial charge in [0.05, 0.1) is 12.5 Å². The van der Waals surface area contributed by atoms with Gasteiger partial charge in [0.25, 0.3) is 0 Å². The Morgan fingerprint density at radius 2 is 2.00 bits per heavy atom. The van der Waals surface area contributed by atoms with E-state index >= 15 is 0 Å². The van der Waals surface area contributed by atoms with Crippen LogP contribution in [0.4, 0.5) is 0 Å². The number of carboxylic acids is 1. The van der Waals surface area contributed by atoms with Crippen LogP contribution in [-0.4, -0.2) is 18.2 Å². The Balaban J connectivity index is 3.29. The summed E-state index contributed by atoms with van der Waals surface area (Å²) in [5.74, 6) is -0.0374. The number of carboxylic acid groups (broad SMARTS) is 1. The normalized spacial score (nSPS) is 11.4. The molecule has 1 N–H and O–H groups in total. The first-order valence-electron chi connectivity index (χ1n) is 5.76. The maximum atomic E-state index is 11.2. The standard InChI is InChI=1S/C14H19BrO3/c1-8-6-10(7-14(3,4)13(16)17)12(18-5)9(2)11(8)15/h6H,7H2,1-5H3,(H,16,17). The van der Waals surface area contributed by atoms with Gasteiger partial charge < -0.3 is 9.84 Å². The Bertz CT molecular complexity index is 478. The molecule has 0 aliphatic rings. The summed E-state index contributed by atoms with van der Waals surface area (Å²) >= 11 is 3.52. The Morgan fingerprint density at radius 1 is 1.44 bits per heavy atom. The lowest BCUT2D eigenvalue weighted by Gasteiger charge is -2.22. The molecule has 0 radical (unpaired) electrons. The topological polar surface area (TPSA) is 46.5 Å². The second-order valence-electron chi connectivity index (χ2n) is 5.19. The molecule has 100 valence electrons. The molecule has 0 unspecified atom stereocenters. The Morgan fingerprint density at radius 3 is 2.44 bits per heavy atom. The molecule has 0 saturated carbocycles. The third-order valence-corrected chi connectivity index (χ3v) is 4.33. The fourth-order valence-electron chi connectivity index (χ4n) is 1.99. The molecule has 4 heteroatoms. The minimum Gasteiger partial charge on any atom is -0.496 e. The van der Waals surface area contributed by atoms with Crippen LogP contribution in [0.5, 0.6) is 5.75 Å². The third-order valence-electron chi connectivity index (χ3n) is 3.11. The molecule has 0 bridgehead atoms. The van der Waals surface area contributed by atoms with Crippen LogP contribution in [-0.2, 0) is 11.2 Å². The first kappa shape index (κ1) is 15.0. The fourth-order valence-corrected chi connectivity index (χ4v) is 2.29. The summed E-state index contributed by atoms with van der Waals surface area (Å²) in [7, 11) is 1.61. The molecule has 0 aromatic heterocycles. The Kier molecular flexibility index (Phi) is 4.43. The van der Waals surface area contributed by atoms with E-state index < -0.39 is 11.4 Å². The van der Waals surface area contributed by atoms with Gasteiger partial charge in [-0.1, -0.05) is 22.0 Å². The molecule has 0 amide bonds. The average molecular weight is 315 g/mol. The van der Waals surface area contributed by atoms with Crippen molar-refractivity contribution in [1.29, 1.82) is 0 Å². The summed E-state index contributed by atoms with van der Waals surface area (Å²) in [6.45, 7) is 7.41. The van der Waals surface area contributed by atoms with Gasteiger partial charge in [-0.2, -0.15) is 0 Å². The third kappa shape index (κ3) is 2.86. The molecule has 0 aliphatic heterocycles. The smallest absolute Gasteiger partial charge is 0.309 e. The number of aryl methyl sites for hydroxylation is 1. The predicted molar refractivity (Wildman–Crippen MR) is 75.3 cm³/mol. The van der Waals surface area contributed by atoms with Crippen LogP contribution >= 0.6 is 15.9 Å². The van der Waals surface area contributed by atoms with Gasteiger partial charge in [-0.3, -0.25) is 4.79 Å². The summed E-state index contributed by atoms with van der Waals surface area (Å²) in [5, 5.41) is 9.21. The lowest BCUT2D eigenvalue weighted by molar-refractivity contribution is -0.146. The summed E-state index contributed by atoms with van der Waals surface area (Å²) in [6.07, 6.45) is 0.445. The predicted octanol–water partition coefficient (Wildman–Crippen LogP) is 3.73. The van der Waals surface area contributed by atoms with Gasteiger partial charge in [-0.15, -0.1) is 0 Å². The van der Waals surface area contributed by atoms with Crippen LogP contribution in [0.3, 0.4) is 0 Å². The van der Waals surface area contributed by atoms with Gasteiger partial charge >= 0.3 is 5.97 Å². The summed E-state index contributed by atoms with van der Waals surface area (Å²) < 4.78 is 6.43. The highest BCUT2D eigenvalue weighted by Crippen LogP contribution is 2.36. The molecule has 18 heavy (non-hydrogen) atoms. The monoisotopic (exact) mass is 314 g/mol. The van der Waals surface area contributed by atoms with Crippen LogP contribution in [0.1, 0.15) is 30.5 Å². The molecular weight excluding hydrogens is 296 g/mol. The highest BCUT2D eigenvalue weighted by Gasteiger charge is 2.29. The number of carbonyl (C=O) groups is 1. The summed E-state index contributed by atoms with van der Waals surface area (Å²) in [4.78, 5) is 11.2. The first-order valence-corrected chi connectivity index (χ1v) is 6.56. The number of aliphatic carboxylic acids is 1. The zero-order valence-electron chi connectivity index (χ0n) is 11.4. The van der Waals surface area contributed by atoms with Gasteiger partial charge in [-0.05, 0) is 45.2 Å². The van der Waals surface area contributed by atoms with Crippen molar-refractivity contribution in [2.24, 2.45) is 5.41 Å². The van der Waals surface area contributed by atoms with Gasteiger partial charge in [0.1, 0.15) is 5.75 Å². The maximum Gasteiger partial charge on any atom is 0.309 e. The first-order chi connectivity index (χ1) is 8.20. The van der Waals surface area contributed by atoms with Crippen molar-refractivity contribution >= 4 is 21.9 Å². The van der Waals surface area contributed by atoms with Crippen LogP contribution in [0.15, 0.2) is 10.5 Å². The minimum atomic E-state index is -0.806. The Labute approximate surface area is 116 Å². The molecular formula is C14H19BrO3. The molecule has 3 nitrogen and oxygen atoms in total. The van der Waals surface area contributed by atoms with Crippen molar-refractivity contribution < 1.29 is 14.6 Å². The maximum absolute atomic E-state index is 11.2. The quantitative estimate of drug-likeness (QED) is 0.921. The lowest BCUT2D eigenvalue weighted by atomic mass is 9.84. The van der Waals surface area contributed by atoms with Crippen LogP contribution in [0, 0.1) is 19.3 Å². The van der Waals surface area contributed by atoms with E-state index in [4.69, 9.17) is 4.74 Å². The summed E-state index contributed by atoms with van der Waals surface area (Å²) in [6, 6.07) is 1.99. The van der Waals surface area contributed by atoms with Gasteiger partial charge in [0.2, 0.25) is 0 Å². The van der Waals surface area contributed by atoms with E-state index in [0.717, 1.165) is 26.9 Å². The molecule has 1 rings (SSSR count). The van der Waals surface area contributed by atoms with E-state index in [2.05, 4.69) is 15.9 Å². The minimum absolute atomic E-state index is 0.445. The highest BCUT2D eigenvalue weighted by molar-refractivity contribution is 9.10. The van der Waals surface area contributed by atoms with E-state index in [1.807, 2.05) is 19.9 Å². The number of halogens is 1.